The van der Waals surface area contributed by atoms with Gasteiger partial charge in [0.1, 0.15) is 12.0 Å². The average molecular weight is 267 g/mol. The van der Waals surface area contributed by atoms with Crippen LogP contribution in [0.5, 0.6) is 5.75 Å². The van der Waals surface area contributed by atoms with Crippen molar-refractivity contribution in [3.05, 3.63) is 29.3 Å². The van der Waals surface area contributed by atoms with E-state index in [1.807, 2.05) is 0 Å². The molecule has 0 bridgehead atoms. The molecule has 92 valence electrons. The smallest absolute Gasteiger partial charge is 0.406 e. The van der Waals surface area contributed by atoms with E-state index in [9.17, 15) is 22.8 Å². The third-order valence-corrected chi connectivity index (χ3v) is 1.98. The Hall–Kier alpha value is -1.56. The maximum Gasteiger partial charge on any atom is 0.573 e. The van der Waals surface area contributed by atoms with E-state index in [-0.39, 0.29) is 11.1 Å². The van der Waals surface area contributed by atoms with E-state index in [1.165, 1.54) is 0 Å². The van der Waals surface area contributed by atoms with Gasteiger partial charge in [0.25, 0.3) is 0 Å². The molecule has 3 nitrogen and oxygen atoms in total. The molecular formula is C10H6ClF3O3. The third-order valence-electron chi connectivity index (χ3n) is 1.74. The third kappa shape index (κ3) is 4.07. The van der Waals surface area contributed by atoms with Crippen LogP contribution in [-0.4, -0.2) is 24.3 Å². The number of ether oxygens (including phenoxy) is 1. The molecule has 0 aliphatic carbocycles. The number of benzene rings is 1. The van der Waals surface area contributed by atoms with Gasteiger partial charge in [-0.2, -0.15) is 0 Å². The number of rotatable bonds is 4. The van der Waals surface area contributed by atoms with Gasteiger partial charge in [0, 0.05) is 11.1 Å². The van der Waals surface area contributed by atoms with Crippen molar-refractivity contribution in [3.63, 3.8) is 0 Å². The van der Waals surface area contributed by atoms with Crippen LogP contribution in [0.3, 0.4) is 0 Å². The fourth-order valence-electron chi connectivity index (χ4n) is 1.12. The van der Waals surface area contributed by atoms with E-state index in [1.54, 1.807) is 0 Å². The molecule has 0 saturated carbocycles. The maximum atomic E-state index is 12.0. The van der Waals surface area contributed by atoms with Gasteiger partial charge < -0.3 is 4.74 Å². The zero-order valence-corrected chi connectivity index (χ0v) is 9.01. The highest BCUT2D eigenvalue weighted by Gasteiger charge is 2.31. The van der Waals surface area contributed by atoms with Crippen molar-refractivity contribution < 1.29 is 27.5 Å². The van der Waals surface area contributed by atoms with Crippen molar-refractivity contribution in [2.45, 2.75) is 6.36 Å². The molecule has 1 aromatic carbocycles. The lowest BCUT2D eigenvalue weighted by atomic mass is 10.1. The van der Waals surface area contributed by atoms with Gasteiger partial charge in [0.15, 0.2) is 5.78 Å². The van der Waals surface area contributed by atoms with Crippen LogP contribution in [0, 0.1) is 0 Å². The summed E-state index contributed by atoms with van der Waals surface area (Å²) in [6, 6.07) is 2.90. The monoisotopic (exact) mass is 266 g/mol. The lowest BCUT2D eigenvalue weighted by Crippen LogP contribution is -2.17. The fraction of sp³-hybridized carbons (Fsp3) is 0.200. The minimum absolute atomic E-state index is 0.0970. The van der Waals surface area contributed by atoms with Gasteiger partial charge in [-0.15, -0.1) is 24.8 Å². The molecule has 0 atom stereocenters. The number of carbonyl (C=O) groups excluding carboxylic acids is 2. The Morgan fingerprint density at radius 1 is 1.35 bits per heavy atom. The molecule has 0 fully saturated rings. The Bertz CT molecular complexity index is 443. The molecule has 0 unspecified atom stereocenters. The highest BCUT2D eigenvalue weighted by molar-refractivity contribution is 6.30. The van der Waals surface area contributed by atoms with Crippen molar-refractivity contribution >= 4 is 23.7 Å². The summed E-state index contributed by atoms with van der Waals surface area (Å²) in [5, 5.41) is 0. The highest BCUT2D eigenvalue weighted by Crippen LogP contribution is 2.25. The fourth-order valence-corrected chi connectivity index (χ4v) is 1.28. The largest absolute Gasteiger partial charge is 0.573 e. The Kier molecular flexibility index (Phi) is 4.11. The summed E-state index contributed by atoms with van der Waals surface area (Å²) in [5.74, 6) is -1.62. The number of aldehydes is 1. The minimum atomic E-state index is -4.89. The standard InChI is InChI=1S/C10H6ClF3O3/c11-4-9(16)7-1-6(5-15)2-8(3-7)17-10(12,13)14/h1-3,5H,4H2. The van der Waals surface area contributed by atoms with Crippen molar-refractivity contribution in [1.82, 2.24) is 0 Å². The molecule has 7 heteroatoms. The molecule has 0 aromatic heterocycles. The zero-order valence-electron chi connectivity index (χ0n) is 8.25. The molecule has 0 N–H and O–H groups in total. The second-order valence-corrected chi connectivity index (χ2v) is 3.28. The summed E-state index contributed by atoms with van der Waals surface area (Å²) >= 11 is 5.27. The molecule has 0 radical (unpaired) electrons. The Labute approximate surface area is 99.1 Å². The van der Waals surface area contributed by atoms with Crippen molar-refractivity contribution in [2.75, 3.05) is 5.88 Å². The summed E-state index contributed by atoms with van der Waals surface area (Å²) in [4.78, 5) is 21.7. The summed E-state index contributed by atoms with van der Waals surface area (Å²) in [6.07, 6.45) is -4.57. The van der Waals surface area contributed by atoms with Crippen LogP contribution in [0.15, 0.2) is 18.2 Å². The first kappa shape index (κ1) is 13.5. The SMILES string of the molecule is O=Cc1cc(OC(F)(F)F)cc(C(=O)CCl)c1. The normalized spacial score (nSPS) is 11.1. The van der Waals surface area contributed by atoms with E-state index in [2.05, 4.69) is 4.74 Å². The van der Waals surface area contributed by atoms with E-state index >= 15 is 0 Å². The van der Waals surface area contributed by atoms with E-state index in [4.69, 9.17) is 11.6 Å². The van der Waals surface area contributed by atoms with Crippen LogP contribution in [-0.2, 0) is 0 Å². The van der Waals surface area contributed by atoms with Crippen molar-refractivity contribution in [1.29, 1.82) is 0 Å². The minimum Gasteiger partial charge on any atom is -0.406 e. The topological polar surface area (TPSA) is 43.4 Å². The van der Waals surface area contributed by atoms with Crippen LogP contribution in [0.4, 0.5) is 13.2 Å². The first-order chi connectivity index (χ1) is 7.85. The molecule has 17 heavy (non-hydrogen) atoms. The van der Waals surface area contributed by atoms with Gasteiger partial charge in [-0.3, -0.25) is 9.59 Å². The van der Waals surface area contributed by atoms with Crippen LogP contribution in [0.1, 0.15) is 20.7 Å². The van der Waals surface area contributed by atoms with Crippen LogP contribution in [0.2, 0.25) is 0 Å². The van der Waals surface area contributed by atoms with Crippen molar-refractivity contribution in [3.8, 4) is 5.75 Å². The van der Waals surface area contributed by atoms with E-state index in [0.29, 0.717) is 6.29 Å². The van der Waals surface area contributed by atoms with E-state index in [0.717, 1.165) is 18.2 Å². The Morgan fingerprint density at radius 3 is 2.47 bits per heavy atom. The van der Waals surface area contributed by atoms with Gasteiger partial charge in [-0.05, 0) is 18.2 Å². The molecule has 0 heterocycles. The number of Topliss-reactive ketones (excluding diaryl/α,β-unsaturated/α-hetero) is 1. The molecule has 1 aromatic rings. The summed E-state index contributed by atoms with van der Waals surface area (Å²) in [6.45, 7) is 0. The predicted octanol–water partition coefficient (Wildman–Crippen LogP) is 2.82. The lowest BCUT2D eigenvalue weighted by Gasteiger charge is -2.10. The average Bonchev–Trinajstić information content (AvgIpc) is 2.25. The molecule has 0 amide bonds. The van der Waals surface area contributed by atoms with Crippen LogP contribution in [0.25, 0.3) is 0 Å². The maximum absolute atomic E-state index is 12.0. The molecular weight excluding hydrogens is 261 g/mol. The predicted molar refractivity (Wildman–Crippen MR) is 53.6 cm³/mol. The summed E-state index contributed by atoms with van der Waals surface area (Å²) in [5.41, 5.74) is -0.205. The Balaban J connectivity index is 3.14. The number of alkyl halides is 4. The molecule has 0 saturated heterocycles. The highest BCUT2D eigenvalue weighted by atomic mass is 35.5. The van der Waals surface area contributed by atoms with Crippen LogP contribution >= 0.6 is 11.6 Å². The van der Waals surface area contributed by atoms with Crippen LogP contribution < -0.4 is 4.74 Å². The summed E-state index contributed by atoms with van der Waals surface area (Å²) in [7, 11) is 0. The number of hydrogen-bond acceptors (Lipinski definition) is 3. The first-order valence-corrected chi connectivity index (χ1v) is 4.84. The molecule has 0 aliphatic heterocycles. The van der Waals surface area contributed by atoms with Gasteiger partial charge >= 0.3 is 6.36 Å². The molecule has 0 aliphatic rings. The first-order valence-electron chi connectivity index (χ1n) is 4.31. The van der Waals surface area contributed by atoms with Gasteiger partial charge in [0.05, 0.1) is 5.88 Å². The van der Waals surface area contributed by atoms with Gasteiger partial charge in [-0.25, -0.2) is 0 Å². The molecule has 0 spiro atoms. The van der Waals surface area contributed by atoms with Crippen molar-refractivity contribution in [2.24, 2.45) is 0 Å². The number of carbonyl (C=O) groups is 2. The number of ketones is 1. The Morgan fingerprint density at radius 2 is 2.00 bits per heavy atom. The van der Waals surface area contributed by atoms with Gasteiger partial charge in [-0.1, -0.05) is 0 Å². The molecule has 1 rings (SSSR count). The zero-order chi connectivity index (χ0) is 13.1. The summed E-state index contributed by atoms with van der Waals surface area (Å²) < 4.78 is 39.5. The second-order valence-electron chi connectivity index (χ2n) is 3.01. The quantitative estimate of drug-likeness (QED) is 0.478. The number of halogens is 4. The second kappa shape index (κ2) is 5.18. The number of hydrogen-bond donors (Lipinski definition) is 0. The van der Waals surface area contributed by atoms with E-state index < -0.39 is 23.8 Å². The lowest BCUT2D eigenvalue weighted by molar-refractivity contribution is -0.274. The van der Waals surface area contributed by atoms with Gasteiger partial charge in [0.2, 0.25) is 0 Å².